The predicted molar refractivity (Wildman–Crippen MR) is 33.7 cm³/mol. The number of hydrogen-bond donors (Lipinski definition) is 0. The lowest BCUT2D eigenvalue weighted by Crippen LogP contribution is -1.64. The molecule has 0 rings (SSSR count). The van der Waals surface area contributed by atoms with Gasteiger partial charge in [0, 0.05) is 0 Å². The van der Waals surface area contributed by atoms with E-state index in [1.165, 1.54) is 0 Å². The Morgan fingerprint density at radius 3 is 2.00 bits per heavy atom. The van der Waals surface area contributed by atoms with Crippen LogP contribution >= 0.6 is 12.4 Å². The van der Waals surface area contributed by atoms with Crippen molar-refractivity contribution in [1.82, 2.24) is 0 Å². The molecule has 0 bridgehead atoms. The van der Waals surface area contributed by atoms with E-state index in [1.54, 1.807) is 0 Å². The van der Waals surface area contributed by atoms with E-state index in [0.717, 1.165) is 0 Å². The Labute approximate surface area is 55.1 Å². The van der Waals surface area contributed by atoms with Crippen LogP contribution in [0.15, 0.2) is 10.3 Å². The van der Waals surface area contributed by atoms with Crippen molar-refractivity contribution in [1.29, 1.82) is 0 Å². The van der Waals surface area contributed by atoms with Crippen LogP contribution in [0.4, 0.5) is 0 Å². The average Bonchev–Trinajstić information content (AvgIpc) is 1.41. The fourth-order valence-electron chi connectivity index (χ4n) is 0.236. The first-order chi connectivity index (χ1) is 2.41. The molecule has 0 aliphatic rings. The molecular formula is C4H9ClMg. The topological polar surface area (TPSA) is 0 Å². The lowest BCUT2D eigenvalue weighted by atomic mass is 10.8. The highest BCUT2D eigenvalue weighted by molar-refractivity contribution is 6.40. The summed E-state index contributed by atoms with van der Waals surface area (Å²) in [5.41, 5.74) is 0. The number of halogens is 1. The molecule has 34 valence electrons. The standard InChI is InChI=1S/C3H5.CH3.ClH.Mg/c1-3-2;;;/h1,3H,2H3;1H3;1H;. The van der Waals surface area contributed by atoms with Crippen LogP contribution in [0.5, 0.6) is 0 Å². The molecule has 0 amide bonds. The van der Waals surface area contributed by atoms with Gasteiger partial charge in [0.05, 0.1) is 0 Å². The molecule has 6 heavy (non-hydrogen) atoms. The molecule has 0 atom stereocenters. The summed E-state index contributed by atoms with van der Waals surface area (Å²) in [6.45, 7) is 2.07. The van der Waals surface area contributed by atoms with Crippen molar-refractivity contribution in [2.24, 2.45) is 0 Å². The van der Waals surface area contributed by atoms with Crippen LogP contribution in [0.3, 0.4) is 0 Å². The van der Waals surface area contributed by atoms with E-state index in [0.29, 0.717) is 0 Å². The summed E-state index contributed by atoms with van der Waals surface area (Å²) in [7, 11) is 0. The second kappa shape index (κ2) is 9.25. The highest BCUT2D eigenvalue weighted by Crippen LogP contribution is 1.60. The van der Waals surface area contributed by atoms with Crippen LogP contribution in [0.25, 0.3) is 0 Å². The zero-order valence-electron chi connectivity index (χ0n) is 4.27. The van der Waals surface area contributed by atoms with Gasteiger partial charge in [0.1, 0.15) is 0 Å². The monoisotopic (exact) mass is 116 g/mol. The third kappa shape index (κ3) is 8.84. The lowest BCUT2D eigenvalue weighted by Gasteiger charge is -1.59. The van der Waals surface area contributed by atoms with Gasteiger partial charge < -0.3 is 0 Å². The molecule has 0 spiro atoms. The fraction of sp³-hybridized carbons (Fsp3) is 0.500. The summed E-state index contributed by atoms with van der Waals surface area (Å²) < 4.78 is 2.26. The zero-order chi connectivity index (χ0) is 4.12. The molecule has 0 saturated heterocycles. The maximum atomic E-state index is 2.26. The van der Waals surface area contributed by atoms with E-state index >= 15 is 0 Å². The van der Waals surface area contributed by atoms with Crippen LogP contribution in [0, 0.1) is 0 Å². The molecule has 0 aliphatic carbocycles. The Bertz CT molecular complexity index is 34.5. The maximum Gasteiger partial charge on any atom is 0.392 e. The third-order valence-corrected chi connectivity index (χ3v) is 1.41. The van der Waals surface area contributed by atoms with E-state index in [-0.39, 0.29) is 32.8 Å². The smallest absolute Gasteiger partial charge is 0.212 e. The second-order valence-electron chi connectivity index (χ2n) is 0.977. The Hall–Kier alpha value is 0.796. The predicted octanol–water partition coefficient (Wildman–Crippen LogP) is 1.69. The summed E-state index contributed by atoms with van der Waals surface area (Å²) in [4.78, 5) is 0. The molecule has 0 aromatic rings. The molecule has 0 aliphatic heterocycles. The van der Waals surface area contributed by atoms with Gasteiger partial charge in [-0.25, -0.2) is 4.21 Å². The number of hydrogen-bond acceptors (Lipinski definition) is 0. The molecule has 0 fully saturated rings. The minimum Gasteiger partial charge on any atom is -0.212 e. The quantitative estimate of drug-likeness (QED) is 0.458. The van der Waals surface area contributed by atoms with E-state index < -0.39 is 0 Å². The first-order valence-corrected chi connectivity index (χ1v) is 4.26. The molecule has 0 unspecified atom stereocenters. The van der Waals surface area contributed by atoms with E-state index in [1.807, 2.05) is 0 Å². The lowest BCUT2D eigenvalue weighted by molar-refractivity contribution is 1.78. The number of allylic oxidation sites excluding steroid dienone is 1. The zero-order valence-corrected chi connectivity index (χ0v) is 6.50. The summed E-state index contributed by atoms with van der Waals surface area (Å²) in [6, 6.07) is 0. The Kier molecular flexibility index (Phi) is 15.3. The van der Waals surface area contributed by atoms with Crippen molar-refractivity contribution in [3.63, 3.8) is 0 Å². The molecule has 0 aromatic carbocycles. The van der Waals surface area contributed by atoms with Crippen molar-refractivity contribution in [3.8, 4) is 0 Å². The highest BCUT2D eigenvalue weighted by atomic mass is 35.5. The minimum absolute atomic E-state index is 0. The molecule has 0 nitrogen and oxygen atoms in total. The Balaban J connectivity index is 0. The van der Waals surface area contributed by atoms with E-state index in [9.17, 15) is 0 Å². The van der Waals surface area contributed by atoms with Gasteiger partial charge in [-0.05, 0) is 6.92 Å². The van der Waals surface area contributed by atoms with Gasteiger partial charge in [0.2, 0.25) is 0 Å². The Morgan fingerprint density at radius 1 is 1.50 bits per heavy atom. The van der Waals surface area contributed by atoms with Crippen LogP contribution < -0.4 is 0 Å². The van der Waals surface area contributed by atoms with Crippen molar-refractivity contribution in [3.05, 3.63) is 10.3 Å². The van der Waals surface area contributed by atoms with Crippen LogP contribution in [0.1, 0.15) is 6.92 Å². The summed E-state index contributed by atoms with van der Waals surface area (Å²) in [5, 5.41) is 2.26. The molecule has 0 heterocycles. The summed E-state index contributed by atoms with van der Waals surface area (Å²) in [5.74, 6) is 0. The largest absolute Gasteiger partial charge is 0.392 e. The van der Waals surface area contributed by atoms with Gasteiger partial charge in [0.25, 0.3) is 0 Å². The van der Waals surface area contributed by atoms with Crippen LogP contribution in [-0.2, 0) is 0 Å². The van der Waals surface area contributed by atoms with Crippen molar-refractivity contribution >= 4 is 32.8 Å². The van der Waals surface area contributed by atoms with Gasteiger partial charge in [-0.3, -0.25) is 0 Å². The van der Waals surface area contributed by atoms with Gasteiger partial charge >= 0.3 is 20.4 Å². The van der Waals surface area contributed by atoms with Gasteiger partial charge in [0.15, 0.2) is 0 Å². The first-order valence-electron chi connectivity index (χ1n) is 2.03. The summed E-state index contributed by atoms with van der Waals surface area (Å²) in [6.07, 6.45) is 2.12. The van der Waals surface area contributed by atoms with Crippen molar-refractivity contribution in [2.75, 3.05) is 0 Å². The van der Waals surface area contributed by atoms with Gasteiger partial charge in [-0.15, -0.1) is 18.5 Å². The molecule has 0 N–H and O–H groups in total. The average molecular weight is 117 g/mol. The van der Waals surface area contributed by atoms with Crippen LogP contribution in [0.2, 0.25) is 5.05 Å². The Morgan fingerprint density at radius 2 is 2.00 bits per heavy atom. The van der Waals surface area contributed by atoms with Gasteiger partial charge in [-0.1, -0.05) is 0 Å². The van der Waals surface area contributed by atoms with Crippen LogP contribution in [-0.4, -0.2) is 20.4 Å². The van der Waals surface area contributed by atoms with Crippen molar-refractivity contribution in [2.45, 2.75) is 12.0 Å². The molecule has 0 radical (unpaired) electrons. The van der Waals surface area contributed by atoms with E-state index in [4.69, 9.17) is 0 Å². The maximum absolute atomic E-state index is 2.26. The second-order valence-corrected chi connectivity index (χ2v) is 2.27. The fourth-order valence-corrected chi connectivity index (χ4v) is 0.707. The van der Waals surface area contributed by atoms with Gasteiger partial charge in [-0.2, -0.15) is 5.05 Å². The first kappa shape index (κ1) is 9.93. The van der Waals surface area contributed by atoms with Crippen molar-refractivity contribution < 1.29 is 0 Å². The highest BCUT2D eigenvalue weighted by Gasteiger charge is 1.65. The van der Waals surface area contributed by atoms with E-state index in [2.05, 4.69) is 22.3 Å². The molecule has 0 saturated carbocycles. The SMILES string of the molecule is CC=[CH][Mg][CH3].Cl. The third-order valence-electron chi connectivity index (χ3n) is 0.471. The normalized spacial score (nSPS) is 7.00. The number of rotatable bonds is 1. The molecule has 2 heteroatoms. The molecular weight excluding hydrogens is 108 g/mol. The minimum atomic E-state index is 0. The summed E-state index contributed by atoms with van der Waals surface area (Å²) >= 11 is 0.233. The molecule has 0 aromatic heterocycles.